The molecule has 2 heterocycles. The quantitative estimate of drug-likeness (QED) is 0.735. The van der Waals surface area contributed by atoms with E-state index in [-0.39, 0.29) is 5.69 Å². The van der Waals surface area contributed by atoms with Gasteiger partial charge in [-0.2, -0.15) is 5.10 Å². The largest absolute Gasteiger partial charge is 0.364 e. The molecule has 0 fully saturated rings. The number of rotatable bonds is 5. The van der Waals surface area contributed by atoms with Gasteiger partial charge in [0.2, 0.25) is 5.95 Å². The predicted octanol–water partition coefficient (Wildman–Crippen LogP) is -0.316. The van der Waals surface area contributed by atoms with Crippen LogP contribution in [-0.4, -0.2) is 32.2 Å². The van der Waals surface area contributed by atoms with E-state index < -0.39 is 5.91 Å². The van der Waals surface area contributed by atoms with Gasteiger partial charge in [-0.3, -0.25) is 9.48 Å². The lowest BCUT2D eigenvalue weighted by atomic mass is 10.4. The zero-order chi connectivity index (χ0) is 12.1. The molecule has 17 heavy (non-hydrogen) atoms. The van der Waals surface area contributed by atoms with E-state index in [1.165, 1.54) is 0 Å². The number of hydrogen-bond acceptors (Lipinski definition) is 5. The van der Waals surface area contributed by atoms with Crippen molar-refractivity contribution in [3.63, 3.8) is 0 Å². The SMILES string of the molecule is NC(=O)c1[c]cn(CCNc2ncccn2)n1. The molecule has 2 rings (SSSR count). The average Bonchev–Trinajstić information content (AvgIpc) is 2.79. The van der Waals surface area contributed by atoms with E-state index in [0.717, 1.165) is 0 Å². The number of aromatic nitrogens is 4. The lowest BCUT2D eigenvalue weighted by Crippen LogP contribution is -2.15. The summed E-state index contributed by atoms with van der Waals surface area (Å²) < 4.78 is 1.58. The molecule has 1 radical (unpaired) electrons. The van der Waals surface area contributed by atoms with Gasteiger partial charge in [-0.25, -0.2) is 9.97 Å². The Labute approximate surface area is 97.7 Å². The number of hydrogen-bond donors (Lipinski definition) is 2. The van der Waals surface area contributed by atoms with E-state index in [2.05, 4.69) is 26.4 Å². The zero-order valence-electron chi connectivity index (χ0n) is 9.00. The maximum atomic E-state index is 10.8. The molecule has 0 atom stereocenters. The van der Waals surface area contributed by atoms with E-state index in [1.807, 2.05) is 0 Å². The van der Waals surface area contributed by atoms with Crippen molar-refractivity contribution in [3.8, 4) is 0 Å². The minimum atomic E-state index is -0.580. The molecule has 0 unspecified atom stereocenters. The van der Waals surface area contributed by atoms with E-state index in [0.29, 0.717) is 19.0 Å². The molecule has 2 aromatic heterocycles. The second-order valence-electron chi connectivity index (χ2n) is 3.25. The normalized spacial score (nSPS) is 10.1. The van der Waals surface area contributed by atoms with Gasteiger partial charge in [0, 0.05) is 31.2 Å². The monoisotopic (exact) mass is 231 g/mol. The van der Waals surface area contributed by atoms with Crippen LogP contribution in [-0.2, 0) is 6.54 Å². The maximum absolute atomic E-state index is 10.8. The van der Waals surface area contributed by atoms with Gasteiger partial charge in [-0.05, 0) is 6.07 Å². The van der Waals surface area contributed by atoms with Gasteiger partial charge in [-0.1, -0.05) is 0 Å². The molecule has 7 nitrogen and oxygen atoms in total. The topological polar surface area (TPSA) is 98.7 Å². The zero-order valence-corrected chi connectivity index (χ0v) is 9.00. The van der Waals surface area contributed by atoms with Crippen LogP contribution < -0.4 is 11.1 Å². The van der Waals surface area contributed by atoms with Gasteiger partial charge in [0.25, 0.3) is 5.91 Å². The Morgan fingerprint density at radius 3 is 2.88 bits per heavy atom. The number of nitrogens with zero attached hydrogens (tertiary/aromatic N) is 4. The molecule has 1 amide bonds. The standard InChI is InChI=1S/C10H11N6O/c11-9(17)8-2-6-16(15-8)7-5-14-10-12-3-1-4-13-10/h1,3-4,6H,5,7H2,(H2,11,17)(H,12,13,14). The van der Waals surface area contributed by atoms with Crippen LogP contribution in [0.25, 0.3) is 0 Å². The summed E-state index contributed by atoms with van der Waals surface area (Å²) in [5.74, 6) is -0.0261. The van der Waals surface area contributed by atoms with Crippen LogP contribution in [0.5, 0.6) is 0 Å². The molecule has 0 spiro atoms. The first-order valence-electron chi connectivity index (χ1n) is 5.01. The molecule has 7 heteroatoms. The van der Waals surface area contributed by atoms with Crippen molar-refractivity contribution in [2.24, 2.45) is 5.73 Å². The molecule has 0 saturated heterocycles. The first-order valence-corrected chi connectivity index (χ1v) is 5.01. The average molecular weight is 231 g/mol. The summed E-state index contributed by atoms with van der Waals surface area (Å²) in [5, 5.41) is 6.97. The Morgan fingerprint density at radius 1 is 1.47 bits per heavy atom. The highest BCUT2D eigenvalue weighted by Gasteiger charge is 2.04. The lowest BCUT2D eigenvalue weighted by Gasteiger charge is -2.03. The van der Waals surface area contributed by atoms with E-state index in [4.69, 9.17) is 5.73 Å². The van der Waals surface area contributed by atoms with Crippen LogP contribution in [0.1, 0.15) is 10.5 Å². The summed E-state index contributed by atoms with van der Waals surface area (Å²) in [5.41, 5.74) is 5.20. The molecular formula is C10H11N6O. The van der Waals surface area contributed by atoms with Gasteiger partial charge in [0.05, 0.1) is 6.54 Å². The summed E-state index contributed by atoms with van der Waals surface area (Å²) in [7, 11) is 0. The first kappa shape index (κ1) is 11.1. The second kappa shape index (κ2) is 5.06. The number of anilines is 1. The molecule has 0 aliphatic heterocycles. The van der Waals surface area contributed by atoms with Crippen molar-refractivity contribution >= 4 is 11.9 Å². The third-order valence-electron chi connectivity index (χ3n) is 2.00. The van der Waals surface area contributed by atoms with Gasteiger partial charge < -0.3 is 11.1 Å². The molecular weight excluding hydrogens is 220 g/mol. The summed E-state index contributed by atoms with van der Waals surface area (Å²) in [6.07, 6.45) is 4.89. The minimum absolute atomic E-state index is 0.140. The molecule has 0 aromatic carbocycles. The number of amides is 1. The molecule has 0 bridgehead atoms. The summed E-state index contributed by atoms with van der Waals surface area (Å²) in [6.45, 7) is 1.17. The Morgan fingerprint density at radius 2 is 2.24 bits per heavy atom. The van der Waals surface area contributed by atoms with Crippen molar-refractivity contribution in [2.45, 2.75) is 6.54 Å². The van der Waals surface area contributed by atoms with Crippen LogP contribution in [0, 0.1) is 6.07 Å². The highest BCUT2D eigenvalue weighted by molar-refractivity contribution is 5.90. The predicted molar refractivity (Wildman–Crippen MR) is 60.1 cm³/mol. The second-order valence-corrected chi connectivity index (χ2v) is 3.25. The third kappa shape index (κ3) is 3.00. The molecule has 2 aromatic rings. The third-order valence-corrected chi connectivity index (χ3v) is 2.00. The molecule has 0 aliphatic rings. The Bertz CT molecular complexity index is 495. The van der Waals surface area contributed by atoms with Crippen LogP contribution in [0.2, 0.25) is 0 Å². The number of nitrogens with two attached hydrogens (primary N) is 1. The van der Waals surface area contributed by atoms with Crippen LogP contribution >= 0.6 is 0 Å². The molecule has 0 saturated carbocycles. The summed E-state index contributed by atoms with van der Waals surface area (Å²) in [6, 6.07) is 4.41. The lowest BCUT2D eigenvalue weighted by molar-refractivity contribution is 0.0994. The molecule has 0 aliphatic carbocycles. The van der Waals surface area contributed by atoms with E-state index >= 15 is 0 Å². The maximum Gasteiger partial charge on any atom is 0.269 e. The van der Waals surface area contributed by atoms with Crippen LogP contribution in [0.3, 0.4) is 0 Å². The number of primary amides is 1. The minimum Gasteiger partial charge on any atom is -0.364 e. The van der Waals surface area contributed by atoms with Gasteiger partial charge >= 0.3 is 0 Å². The summed E-state index contributed by atoms with van der Waals surface area (Å²) in [4.78, 5) is 18.8. The van der Waals surface area contributed by atoms with Gasteiger partial charge in [0.1, 0.15) is 0 Å². The van der Waals surface area contributed by atoms with Crippen molar-refractivity contribution in [2.75, 3.05) is 11.9 Å². The van der Waals surface area contributed by atoms with Crippen LogP contribution in [0.4, 0.5) is 5.95 Å². The van der Waals surface area contributed by atoms with Gasteiger partial charge in [0.15, 0.2) is 5.69 Å². The van der Waals surface area contributed by atoms with Crippen molar-refractivity contribution in [1.29, 1.82) is 0 Å². The highest BCUT2D eigenvalue weighted by atomic mass is 16.1. The number of nitrogens with one attached hydrogen (secondary N) is 1. The first-order chi connectivity index (χ1) is 8.25. The molecule has 3 N–H and O–H groups in total. The van der Waals surface area contributed by atoms with Crippen molar-refractivity contribution in [3.05, 3.63) is 36.4 Å². The van der Waals surface area contributed by atoms with E-state index in [1.54, 1.807) is 29.3 Å². The van der Waals surface area contributed by atoms with Crippen molar-refractivity contribution < 1.29 is 4.79 Å². The van der Waals surface area contributed by atoms with Crippen molar-refractivity contribution in [1.82, 2.24) is 19.7 Å². The Kier molecular flexibility index (Phi) is 3.29. The number of carbonyl (C=O) groups excluding carboxylic acids is 1. The van der Waals surface area contributed by atoms with E-state index in [9.17, 15) is 4.79 Å². The Hall–Kier alpha value is -2.44. The fraction of sp³-hybridized carbons (Fsp3) is 0.200. The molecule has 87 valence electrons. The summed E-state index contributed by atoms with van der Waals surface area (Å²) >= 11 is 0. The Balaban J connectivity index is 1.84. The number of carbonyl (C=O) groups is 1. The fourth-order valence-electron chi connectivity index (χ4n) is 1.23. The fourth-order valence-corrected chi connectivity index (χ4v) is 1.23. The smallest absolute Gasteiger partial charge is 0.269 e. The van der Waals surface area contributed by atoms with Crippen LogP contribution in [0.15, 0.2) is 24.7 Å². The highest BCUT2D eigenvalue weighted by Crippen LogP contribution is 1.95. The van der Waals surface area contributed by atoms with Gasteiger partial charge in [-0.15, -0.1) is 0 Å².